The molecule has 0 radical (unpaired) electrons. The van der Waals surface area contributed by atoms with E-state index in [1.807, 2.05) is 0 Å². The lowest BCUT2D eigenvalue weighted by atomic mass is 9.92. The molecule has 0 N–H and O–H groups in total. The summed E-state index contributed by atoms with van der Waals surface area (Å²) in [6, 6.07) is 3.76. The second-order valence-corrected chi connectivity index (χ2v) is 7.09. The lowest BCUT2D eigenvalue weighted by Crippen LogP contribution is -2.47. The number of rotatable bonds is 3. The molecule has 1 aliphatic heterocycles. The molecule has 0 saturated heterocycles. The maximum Gasteiger partial charge on any atom is 0.319 e. The smallest absolute Gasteiger partial charge is 0.319 e. The largest absolute Gasteiger partial charge is 0.331 e. The van der Waals surface area contributed by atoms with Crippen molar-refractivity contribution in [3.63, 3.8) is 0 Å². The molecule has 4 amide bonds. The number of Topliss-reactive ketones (excluding diaryl/α,β-unsaturated/α-hetero) is 2. The van der Waals surface area contributed by atoms with Gasteiger partial charge in [0.05, 0.1) is 23.6 Å². The molecule has 1 unspecified atom stereocenters. The second kappa shape index (κ2) is 6.94. The number of carbonyl (C=O) groups is 5. The molecule has 1 aromatic carbocycles. The molecular formula is C19H21N3O5. The summed E-state index contributed by atoms with van der Waals surface area (Å²) < 4.78 is 0. The predicted molar refractivity (Wildman–Crippen MR) is 95.1 cm³/mol. The van der Waals surface area contributed by atoms with Crippen LogP contribution in [0.15, 0.2) is 18.2 Å². The van der Waals surface area contributed by atoms with Crippen LogP contribution in [0.25, 0.3) is 0 Å². The SMILES string of the molecule is CN(C)C(=O)N(C)Cc1cccc2c1C(=O)N(C1CCC(=O)CC1=O)C2=O. The van der Waals surface area contributed by atoms with Gasteiger partial charge in [0.25, 0.3) is 11.8 Å². The van der Waals surface area contributed by atoms with Crippen LogP contribution in [0.5, 0.6) is 0 Å². The minimum atomic E-state index is -0.899. The third-order valence-electron chi connectivity index (χ3n) is 4.90. The quantitative estimate of drug-likeness (QED) is 0.585. The van der Waals surface area contributed by atoms with E-state index in [-0.39, 0.29) is 48.7 Å². The Labute approximate surface area is 156 Å². The van der Waals surface area contributed by atoms with Crippen molar-refractivity contribution in [2.75, 3.05) is 21.1 Å². The van der Waals surface area contributed by atoms with Crippen molar-refractivity contribution in [1.29, 1.82) is 0 Å². The average molecular weight is 371 g/mol. The van der Waals surface area contributed by atoms with E-state index in [9.17, 15) is 24.0 Å². The summed E-state index contributed by atoms with van der Waals surface area (Å²) in [6.45, 7) is 0.157. The predicted octanol–water partition coefficient (Wildman–Crippen LogP) is 1.09. The molecule has 0 spiro atoms. The van der Waals surface area contributed by atoms with Gasteiger partial charge in [-0.15, -0.1) is 0 Å². The monoisotopic (exact) mass is 371 g/mol. The van der Waals surface area contributed by atoms with E-state index >= 15 is 0 Å². The zero-order valence-electron chi connectivity index (χ0n) is 15.5. The summed E-state index contributed by atoms with van der Waals surface area (Å²) >= 11 is 0. The highest BCUT2D eigenvalue weighted by Gasteiger charge is 2.45. The van der Waals surface area contributed by atoms with Gasteiger partial charge in [-0.3, -0.25) is 24.1 Å². The van der Waals surface area contributed by atoms with Crippen molar-refractivity contribution in [3.8, 4) is 0 Å². The van der Waals surface area contributed by atoms with Gasteiger partial charge in [0.2, 0.25) is 0 Å². The molecule has 8 nitrogen and oxygen atoms in total. The Kier molecular flexibility index (Phi) is 4.82. The number of carbonyl (C=O) groups excluding carboxylic acids is 5. The molecule has 1 heterocycles. The summed E-state index contributed by atoms with van der Waals surface area (Å²) in [6.07, 6.45) is 0.0965. The molecule has 1 aromatic rings. The Hall–Kier alpha value is -3.03. The van der Waals surface area contributed by atoms with E-state index in [2.05, 4.69) is 0 Å². The molecule has 8 heteroatoms. The van der Waals surface area contributed by atoms with Crippen LogP contribution in [-0.2, 0) is 16.1 Å². The molecular weight excluding hydrogens is 350 g/mol. The maximum absolute atomic E-state index is 13.0. The number of hydrogen-bond acceptors (Lipinski definition) is 5. The van der Waals surface area contributed by atoms with E-state index in [4.69, 9.17) is 0 Å². The molecule has 1 aliphatic carbocycles. The molecule has 3 rings (SSSR count). The van der Waals surface area contributed by atoms with Crippen LogP contribution in [0.2, 0.25) is 0 Å². The van der Waals surface area contributed by atoms with E-state index in [0.29, 0.717) is 5.56 Å². The normalized spacial score (nSPS) is 19.4. The number of amides is 4. The first kappa shape index (κ1) is 18.8. The molecule has 0 bridgehead atoms. The lowest BCUT2D eigenvalue weighted by Gasteiger charge is -2.27. The van der Waals surface area contributed by atoms with Crippen LogP contribution in [0.1, 0.15) is 45.5 Å². The van der Waals surface area contributed by atoms with Crippen molar-refractivity contribution >= 4 is 29.4 Å². The third-order valence-corrected chi connectivity index (χ3v) is 4.90. The molecule has 0 aromatic heterocycles. The number of hydrogen-bond donors (Lipinski definition) is 0. The molecule has 142 valence electrons. The molecule has 27 heavy (non-hydrogen) atoms. The van der Waals surface area contributed by atoms with Gasteiger partial charge in [-0.1, -0.05) is 12.1 Å². The van der Waals surface area contributed by atoms with Gasteiger partial charge < -0.3 is 9.80 Å². The lowest BCUT2D eigenvalue weighted by molar-refractivity contribution is -0.132. The topological polar surface area (TPSA) is 95.1 Å². The van der Waals surface area contributed by atoms with Gasteiger partial charge in [-0.25, -0.2) is 4.79 Å². The highest BCUT2D eigenvalue weighted by molar-refractivity contribution is 6.24. The van der Waals surface area contributed by atoms with Crippen LogP contribution < -0.4 is 0 Å². The van der Waals surface area contributed by atoms with Crippen molar-refractivity contribution in [2.24, 2.45) is 0 Å². The first-order valence-corrected chi connectivity index (χ1v) is 8.69. The molecule has 1 atom stereocenters. The summed E-state index contributed by atoms with van der Waals surface area (Å²) in [5, 5.41) is 0. The minimum Gasteiger partial charge on any atom is -0.331 e. The maximum atomic E-state index is 13.0. The average Bonchev–Trinajstić information content (AvgIpc) is 2.86. The fraction of sp³-hybridized carbons (Fsp3) is 0.421. The van der Waals surface area contributed by atoms with Crippen LogP contribution in [-0.4, -0.2) is 71.3 Å². The van der Waals surface area contributed by atoms with Crippen LogP contribution in [0.3, 0.4) is 0 Å². The second-order valence-electron chi connectivity index (χ2n) is 7.09. The third kappa shape index (κ3) is 3.22. The number of ketones is 2. The van der Waals surface area contributed by atoms with E-state index in [1.165, 1.54) is 9.80 Å². The standard InChI is InChI=1S/C19H21N3O5/c1-20(2)19(27)21(3)10-11-5-4-6-13-16(11)18(26)22(17(13)25)14-8-7-12(23)9-15(14)24/h4-6,14H,7-10H2,1-3H3. The molecule has 1 fully saturated rings. The fourth-order valence-electron chi connectivity index (χ4n) is 3.59. The summed E-state index contributed by atoms with van der Waals surface area (Å²) in [5.74, 6) is -1.63. The van der Waals surface area contributed by atoms with Crippen molar-refractivity contribution in [2.45, 2.75) is 31.8 Å². The van der Waals surface area contributed by atoms with E-state index < -0.39 is 23.6 Å². The van der Waals surface area contributed by atoms with Crippen molar-refractivity contribution in [3.05, 3.63) is 34.9 Å². The number of nitrogens with zero attached hydrogens (tertiary/aromatic N) is 3. The Morgan fingerprint density at radius 1 is 1.11 bits per heavy atom. The highest BCUT2D eigenvalue weighted by atomic mass is 16.2. The van der Waals surface area contributed by atoms with Gasteiger partial charge in [0.15, 0.2) is 5.78 Å². The van der Waals surface area contributed by atoms with E-state index in [0.717, 1.165) is 4.90 Å². The summed E-state index contributed by atoms with van der Waals surface area (Å²) in [7, 11) is 4.86. The van der Waals surface area contributed by atoms with Gasteiger partial charge >= 0.3 is 6.03 Å². The molecule has 1 saturated carbocycles. The number of benzene rings is 1. The first-order chi connectivity index (χ1) is 12.7. The Morgan fingerprint density at radius 2 is 1.81 bits per heavy atom. The number of imide groups is 1. The number of fused-ring (bicyclic) bond motifs is 1. The highest BCUT2D eigenvalue weighted by Crippen LogP contribution is 2.31. The van der Waals surface area contributed by atoms with Crippen molar-refractivity contribution in [1.82, 2.24) is 14.7 Å². The van der Waals surface area contributed by atoms with Crippen LogP contribution in [0.4, 0.5) is 4.79 Å². The summed E-state index contributed by atoms with van der Waals surface area (Å²) in [5.41, 5.74) is 1.00. The summed E-state index contributed by atoms with van der Waals surface area (Å²) in [4.78, 5) is 65.4. The van der Waals surface area contributed by atoms with Gasteiger partial charge in [0.1, 0.15) is 5.78 Å². The van der Waals surface area contributed by atoms with E-state index in [1.54, 1.807) is 39.3 Å². The minimum absolute atomic E-state index is 0.157. The van der Waals surface area contributed by atoms with Gasteiger partial charge in [0, 0.05) is 34.1 Å². The van der Waals surface area contributed by atoms with Gasteiger partial charge in [-0.05, 0) is 18.1 Å². The Bertz CT molecular complexity index is 861. The van der Waals surface area contributed by atoms with Crippen LogP contribution in [0, 0.1) is 0 Å². The number of urea groups is 1. The zero-order chi connectivity index (χ0) is 19.9. The fourth-order valence-corrected chi connectivity index (χ4v) is 3.59. The Morgan fingerprint density at radius 3 is 2.44 bits per heavy atom. The first-order valence-electron chi connectivity index (χ1n) is 8.69. The van der Waals surface area contributed by atoms with Crippen LogP contribution >= 0.6 is 0 Å². The molecule has 2 aliphatic rings. The van der Waals surface area contributed by atoms with Crippen molar-refractivity contribution < 1.29 is 24.0 Å². The Balaban J connectivity index is 1.92. The zero-order valence-corrected chi connectivity index (χ0v) is 15.5. The van der Waals surface area contributed by atoms with Gasteiger partial charge in [-0.2, -0.15) is 0 Å².